The minimum absolute atomic E-state index is 0.153. The van der Waals surface area contributed by atoms with Gasteiger partial charge in [0.05, 0.1) is 25.0 Å². The van der Waals surface area contributed by atoms with E-state index in [-0.39, 0.29) is 6.61 Å². The molecule has 1 heterocycles. The number of hydrogen-bond acceptors (Lipinski definition) is 5. The summed E-state index contributed by atoms with van der Waals surface area (Å²) >= 11 is 0. The fourth-order valence-corrected chi connectivity index (χ4v) is 1.23. The van der Waals surface area contributed by atoms with Gasteiger partial charge < -0.3 is 21.5 Å². The van der Waals surface area contributed by atoms with Crippen molar-refractivity contribution in [2.24, 2.45) is 0 Å². The molecule has 6 nitrogen and oxygen atoms in total. The van der Waals surface area contributed by atoms with Crippen LogP contribution in [-0.2, 0) is 6.54 Å². The summed E-state index contributed by atoms with van der Waals surface area (Å²) in [6, 6.07) is 0. The predicted molar refractivity (Wildman–Crippen MR) is 56.1 cm³/mol. The van der Waals surface area contributed by atoms with Gasteiger partial charge in [-0.15, -0.1) is 0 Å². The highest BCUT2D eigenvalue weighted by molar-refractivity contribution is 5.60. The molecule has 0 saturated heterocycles. The summed E-state index contributed by atoms with van der Waals surface area (Å²) in [4.78, 5) is 0. The Morgan fingerprint density at radius 3 is 3.00 bits per heavy atom. The lowest BCUT2D eigenvalue weighted by atomic mass is 10.5. The Labute approximate surface area is 83.1 Å². The van der Waals surface area contributed by atoms with Crippen molar-refractivity contribution in [3.8, 4) is 0 Å². The Morgan fingerprint density at radius 2 is 2.36 bits per heavy atom. The van der Waals surface area contributed by atoms with Crippen molar-refractivity contribution < 1.29 is 5.11 Å². The minimum atomic E-state index is 0.153. The Balaban J connectivity index is 2.42. The average molecular weight is 199 g/mol. The van der Waals surface area contributed by atoms with E-state index in [2.05, 4.69) is 15.7 Å². The quantitative estimate of drug-likeness (QED) is 0.445. The zero-order valence-corrected chi connectivity index (χ0v) is 8.32. The second kappa shape index (κ2) is 5.46. The smallest absolute Gasteiger partial charge is 0.147 e. The number of nitrogen functional groups attached to an aromatic ring is 1. The molecule has 0 radical (unpaired) electrons. The van der Waals surface area contributed by atoms with Gasteiger partial charge in [0, 0.05) is 20.1 Å². The van der Waals surface area contributed by atoms with Crippen LogP contribution in [0.25, 0.3) is 0 Å². The molecule has 1 rings (SSSR count). The molecule has 80 valence electrons. The van der Waals surface area contributed by atoms with Crippen LogP contribution in [0.5, 0.6) is 0 Å². The lowest BCUT2D eigenvalue weighted by Crippen LogP contribution is -2.23. The van der Waals surface area contributed by atoms with Crippen LogP contribution in [0.4, 0.5) is 11.5 Å². The molecule has 14 heavy (non-hydrogen) atoms. The van der Waals surface area contributed by atoms with E-state index >= 15 is 0 Å². The van der Waals surface area contributed by atoms with Gasteiger partial charge in [-0.1, -0.05) is 0 Å². The van der Waals surface area contributed by atoms with Crippen LogP contribution in [-0.4, -0.2) is 41.6 Å². The Kier molecular flexibility index (Phi) is 4.21. The Hall–Kier alpha value is -1.27. The fraction of sp³-hybridized carbons (Fsp3) is 0.625. The van der Waals surface area contributed by atoms with Gasteiger partial charge in [-0.2, -0.15) is 5.10 Å². The van der Waals surface area contributed by atoms with Crippen molar-refractivity contribution in [2.45, 2.75) is 6.54 Å². The Bertz CT molecular complexity index is 273. The van der Waals surface area contributed by atoms with Crippen LogP contribution in [0.1, 0.15) is 0 Å². The van der Waals surface area contributed by atoms with Crippen LogP contribution in [0.2, 0.25) is 0 Å². The van der Waals surface area contributed by atoms with E-state index in [1.807, 2.05) is 7.05 Å². The summed E-state index contributed by atoms with van der Waals surface area (Å²) in [6.07, 6.45) is 1.62. The molecule has 0 unspecified atom stereocenters. The molecular formula is C8H17N5O. The summed E-state index contributed by atoms with van der Waals surface area (Å²) in [5.74, 6) is 0.829. The highest BCUT2D eigenvalue weighted by atomic mass is 16.3. The fourth-order valence-electron chi connectivity index (χ4n) is 1.23. The number of nitrogens with two attached hydrogens (primary N) is 1. The highest BCUT2D eigenvalue weighted by Crippen LogP contribution is 2.15. The third-order valence-corrected chi connectivity index (χ3v) is 1.89. The normalized spacial score (nSPS) is 10.4. The number of rotatable bonds is 6. The number of hydrogen-bond donors (Lipinski definition) is 4. The number of nitrogens with one attached hydrogen (secondary N) is 2. The molecular weight excluding hydrogens is 182 g/mol. The number of aromatic nitrogens is 2. The van der Waals surface area contributed by atoms with E-state index in [4.69, 9.17) is 10.8 Å². The molecule has 0 aliphatic carbocycles. The molecule has 0 bridgehead atoms. The molecule has 0 spiro atoms. The lowest BCUT2D eigenvalue weighted by Gasteiger charge is -2.07. The standard InChI is InChI=1S/C8H17N5O/c1-10-8-7(9)6-12-13(8)4-2-11-3-5-14/h6,10-11,14H,2-5,9H2,1H3. The molecule has 0 aromatic carbocycles. The molecule has 0 atom stereocenters. The van der Waals surface area contributed by atoms with Gasteiger partial charge in [0.2, 0.25) is 0 Å². The summed E-state index contributed by atoms with van der Waals surface area (Å²) in [7, 11) is 1.81. The van der Waals surface area contributed by atoms with Gasteiger partial charge in [0.1, 0.15) is 5.82 Å². The van der Waals surface area contributed by atoms with E-state index in [0.717, 1.165) is 18.9 Å². The predicted octanol–water partition coefficient (Wildman–Crippen LogP) is -0.911. The number of anilines is 2. The van der Waals surface area contributed by atoms with E-state index in [9.17, 15) is 0 Å². The van der Waals surface area contributed by atoms with Crippen molar-refractivity contribution in [3.05, 3.63) is 6.20 Å². The summed E-state index contributed by atoms with van der Waals surface area (Å²) in [5.41, 5.74) is 6.32. The molecule has 5 N–H and O–H groups in total. The second-order valence-corrected chi connectivity index (χ2v) is 2.90. The Morgan fingerprint density at radius 1 is 1.57 bits per heavy atom. The first-order chi connectivity index (χ1) is 6.79. The lowest BCUT2D eigenvalue weighted by molar-refractivity contribution is 0.291. The topological polar surface area (TPSA) is 88.1 Å². The zero-order valence-electron chi connectivity index (χ0n) is 8.32. The van der Waals surface area contributed by atoms with Gasteiger partial charge in [0.15, 0.2) is 0 Å². The maximum absolute atomic E-state index is 8.55. The molecule has 0 aliphatic heterocycles. The number of nitrogens with zero attached hydrogens (tertiary/aromatic N) is 2. The summed E-state index contributed by atoms with van der Waals surface area (Å²) < 4.78 is 1.79. The number of aliphatic hydroxyl groups is 1. The van der Waals surface area contributed by atoms with Gasteiger partial charge in [-0.25, -0.2) is 4.68 Å². The zero-order chi connectivity index (χ0) is 10.4. The van der Waals surface area contributed by atoms with Crippen LogP contribution in [0, 0.1) is 0 Å². The second-order valence-electron chi connectivity index (χ2n) is 2.90. The molecule has 6 heteroatoms. The van der Waals surface area contributed by atoms with Crippen molar-refractivity contribution in [1.29, 1.82) is 0 Å². The van der Waals surface area contributed by atoms with Crippen molar-refractivity contribution >= 4 is 11.5 Å². The largest absolute Gasteiger partial charge is 0.395 e. The van der Waals surface area contributed by atoms with Crippen LogP contribution in [0.3, 0.4) is 0 Å². The van der Waals surface area contributed by atoms with Crippen LogP contribution >= 0.6 is 0 Å². The summed E-state index contributed by atoms with van der Waals surface area (Å²) in [5, 5.41) is 18.7. The van der Waals surface area contributed by atoms with Gasteiger partial charge in [-0.3, -0.25) is 0 Å². The maximum Gasteiger partial charge on any atom is 0.147 e. The molecule has 1 aromatic rings. The van der Waals surface area contributed by atoms with Crippen molar-refractivity contribution in [1.82, 2.24) is 15.1 Å². The van der Waals surface area contributed by atoms with Crippen LogP contribution < -0.4 is 16.4 Å². The highest BCUT2D eigenvalue weighted by Gasteiger charge is 2.04. The van der Waals surface area contributed by atoms with E-state index < -0.39 is 0 Å². The SMILES string of the molecule is CNc1c(N)cnn1CCNCCO. The van der Waals surface area contributed by atoms with Gasteiger partial charge >= 0.3 is 0 Å². The number of aliphatic hydroxyl groups excluding tert-OH is 1. The maximum atomic E-state index is 8.55. The van der Waals surface area contributed by atoms with Crippen molar-refractivity contribution in [2.75, 3.05) is 37.8 Å². The third-order valence-electron chi connectivity index (χ3n) is 1.89. The van der Waals surface area contributed by atoms with Gasteiger partial charge in [0.25, 0.3) is 0 Å². The van der Waals surface area contributed by atoms with Gasteiger partial charge in [-0.05, 0) is 0 Å². The minimum Gasteiger partial charge on any atom is -0.395 e. The third kappa shape index (κ3) is 2.61. The van der Waals surface area contributed by atoms with Crippen LogP contribution in [0.15, 0.2) is 6.20 Å². The van der Waals surface area contributed by atoms with Crippen molar-refractivity contribution in [3.63, 3.8) is 0 Å². The average Bonchev–Trinajstić information content (AvgIpc) is 2.54. The monoisotopic (exact) mass is 199 g/mol. The molecule has 0 aliphatic rings. The summed E-state index contributed by atoms with van der Waals surface area (Å²) in [6.45, 7) is 2.25. The molecule has 0 amide bonds. The molecule has 0 fully saturated rings. The van der Waals surface area contributed by atoms with E-state index in [1.165, 1.54) is 0 Å². The first kappa shape index (κ1) is 10.8. The first-order valence-electron chi connectivity index (χ1n) is 4.60. The van der Waals surface area contributed by atoms with E-state index in [0.29, 0.717) is 12.2 Å². The van der Waals surface area contributed by atoms with E-state index in [1.54, 1.807) is 10.9 Å². The first-order valence-corrected chi connectivity index (χ1v) is 4.60. The molecule has 1 aromatic heterocycles. The molecule has 0 saturated carbocycles.